The fourth-order valence-electron chi connectivity index (χ4n) is 1.13. The van der Waals surface area contributed by atoms with Crippen LogP contribution in [0.5, 0.6) is 5.88 Å². The van der Waals surface area contributed by atoms with Crippen LogP contribution in [0, 0.1) is 11.3 Å². The fourth-order valence-corrected chi connectivity index (χ4v) is 1.54. The highest BCUT2D eigenvalue weighted by Crippen LogP contribution is 2.24. The van der Waals surface area contributed by atoms with Gasteiger partial charge in [0.1, 0.15) is 0 Å². The third-order valence-electron chi connectivity index (χ3n) is 1.79. The molecule has 0 bridgehead atoms. The quantitative estimate of drug-likeness (QED) is 0.871. The van der Waals surface area contributed by atoms with Crippen molar-refractivity contribution in [2.75, 3.05) is 0 Å². The Balaban J connectivity index is 3.24. The zero-order chi connectivity index (χ0) is 13.1. The van der Waals surface area contributed by atoms with E-state index in [1.807, 2.05) is 4.98 Å². The first-order valence-corrected chi connectivity index (χ1v) is 5.43. The van der Waals surface area contributed by atoms with Crippen LogP contribution < -0.4 is 10.3 Å². The van der Waals surface area contributed by atoms with Gasteiger partial charge in [0, 0.05) is 16.5 Å². The number of rotatable bonds is 3. The van der Waals surface area contributed by atoms with Crippen LogP contribution in [0.1, 0.15) is 11.1 Å². The zero-order valence-electron chi connectivity index (χ0n) is 8.27. The predicted octanol–water partition coefficient (Wildman–Crippen LogP) is 2.23. The number of aromatic nitrogens is 1. The molecule has 0 fully saturated rings. The number of pyridine rings is 1. The molecule has 1 N–H and O–H groups in total. The molecule has 8 heteroatoms. The maximum Gasteiger partial charge on any atom is 0.574 e. The molecule has 1 heterocycles. The minimum absolute atomic E-state index is 0.0149. The highest BCUT2D eigenvalue weighted by atomic mass is 79.9. The van der Waals surface area contributed by atoms with Gasteiger partial charge in [-0.1, -0.05) is 15.9 Å². The second-order valence-corrected chi connectivity index (χ2v) is 3.56. The molecule has 0 radical (unpaired) electrons. The van der Waals surface area contributed by atoms with Crippen LogP contribution in [-0.4, -0.2) is 11.3 Å². The summed E-state index contributed by atoms with van der Waals surface area (Å²) in [5.41, 5.74) is -0.480. The number of H-pyrrole nitrogens is 1. The molecule has 0 aliphatic heterocycles. The molecular weight excluding hydrogens is 305 g/mol. The van der Waals surface area contributed by atoms with Crippen molar-refractivity contribution in [2.45, 2.75) is 18.1 Å². The second kappa shape index (κ2) is 5.23. The summed E-state index contributed by atoms with van der Waals surface area (Å²) in [5.74, 6) is -0.742. The van der Waals surface area contributed by atoms with Gasteiger partial charge in [0.05, 0.1) is 12.5 Å². The summed E-state index contributed by atoms with van der Waals surface area (Å²) in [7, 11) is 0. The molecule has 0 atom stereocenters. The van der Waals surface area contributed by atoms with Crippen molar-refractivity contribution in [1.29, 1.82) is 5.26 Å². The predicted molar refractivity (Wildman–Crippen MR) is 55.7 cm³/mol. The van der Waals surface area contributed by atoms with Gasteiger partial charge < -0.3 is 4.74 Å². The molecule has 0 unspecified atom stereocenters. The van der Waals surface area contributed by atoms with E-state index in [2.05, 4.69) is 20.7 Å². The SMILES string of the molecule is N#CCc1cc(CBr)c(=O)[nH]c1OC(F)(F)F. The summed E-state index contributed by atoms with van der Waals surface area (Å²) in [5, 5.41) is 8.66. The third kappa shape index (κ3) is 3.78. The Morgan fingerprint density at radius 1 is 1.47 bits per heavy atom. The Hall–Kier alpha value is -1.49. The summed E-state index contributed by atoms with van der Waals surface area (Å²) in [6.07, 6.45) is -5.20. The Kier molecular flexibility index (Phi) is 4.17. The van der Waals surface area contributed by atoms with Gasteiger partial charge in [0.25, 0.3) is 5.56 Å². The molecule has 0 aliphatic rings. The average molecular weight is 311 g/mol. The van der Waals surface area contributed by atoms with Crippen molar-refractivity contribution in [1.82, 2.24) is 4.98 Å². The van der Waals surface area contributed by atoms with Gasteiger partial charge in [-0.3, -0.25) is 9.78 Å². The van der Waals surface area contributed by atoms with Gasteiger partial charge in [0.15, 0.2) is 0 Å². The molecule has 17 heavy (non-hydrogen) atoms. The fraction of sp³-hybridized carbons (Fsp3) is 0.333. The topological polar surface area (TPSA) is 65.9 Å². The van der Waals surface area contributed by atoms with Crippen LogP contribution in [-0.2, 0) is 11.8 Å². The Morgan fingerprint density at radius 2 is 2.12 bits per heavy atom. The molecule has 0 spiro atoms. The standard InChI is InChI=1S/C9H6BrF3N2O2/c10-4-6-3-5(1-2-14)8(15-7(6)16)17-9(11,12)13/h3H,1,4H2,(H,15,16). The summed E-state index contributed by atoms with van der Waals surface area (Å²) < 4.78 is 39.8. The number of ether oxygens (including phenoxy) is 1. The van der Waals surface area contributed by atoms with E-state index in [-0.39, 0.29) is 22.9 Å². The molecule has 0 saturated carbocycles. The Labute approximate surface area is 102 Å². The number of nitrogens with zero attached hydrogens (tertiary/aromatic N) is 1. The van der Waals surface area contributed by atoms with Crippen molar-refractivity contribution in [3.8, 4) is 11.9 Å². The van der Waals surface area contributed by atoms with Crippen LogP contribution in [0.25, 0.3) is 0 Å². The van der Waals surface area contributed by atoms with E-state index >= 15 is 0 Å². The molecule has 0 aromatic carbocycles. The van der Waals surface area contributed by atoms with Crippen LogP contribution >= 0.6 is 15.9 Å². The number of hydrogen-bond donors (Lipinski definition) is 1. The maximum absolute atomic E-state index is 12.0. The Morgan fingerprint density at radius 3 is 2.59 bits per heavy atom. The van der Waals surface area contributed by atoms with Crippen molar-refractivity contribution in [3.05, 3.63) is 27.5 Å². The van der Waals surface area contributed by atoms with Gasteiger partial charge in [-0.2, -0.15) is 5.26 Å². The van der Waals surface area contributed by atoms with Crippen molar-refractivity contribution >= 4 is 15.9 Å². The molecule has 0 amide bonds. The lowest BCUT2D eigenvalue weighted by atomic mass is 10.1. The first-order valence-electron chi connectivity index (χ1n) is 4.31. The largest absolute Gasteiger partial charge is 0.574 e. The number of nitrogens with one attached hydrogen (secondary N) is 1. The first kappa shape index (κ1) is 13.6. The van der Waals surface area contributed by atoms with Crippen LogP contribution in [0.3, 0.4) is 0 Å². The molecule has 4 nitrogen and oxygen atoms in total. The van der Waals surface area contributed by atoms with Crippen molar-refractivity contribution < 1.29 is 17.9 Å². The molecule has 0 saturated heterocycles. The van der Waals surface area contributed by atoms with Crippen LogP contribution in [0.4, 0.5) is 13.2 Å². The number of nitriles is 1. The number of aromatic amines is 1. The van der Waals surface area contributed by atoms with E-state index in [4.69, 9.17) is 5.26 Å². The molecule has 92 valence electrons. The molecule has 0 aliphatic carbocycles. The van der Waals surface area contributed by atoms with E-state index in [1.54, 1.807) is 6.07 Å². The highest BCUT2D eigenvalue weighted by Gasteiger charge is 2.32. The van der Waals surface area contributed by atoms with Gasteiger partial charge >= 0.3 is 6.36 Å². The highest BCUT2D eigenvalue weighted by molar-refractivity contribution is 9.08. The van der Waals surface area contributed by atoms with Crippen molar-refractivity contribution in [2.24, 2.45) is 0 Å². The third-order valence-corrected chi connectivity index (χ3v) is 2.39. The normalized spacial score (nSPS) is 11.0. The lowest BCUT2D eigenvalue weighted by Gasteiger charge is -2.11. The summed E-state index contributed by atoms with van der Waals surface area (Å²) in [6, 6.07) is 2.90. The van der Waals surface area contributed by atoms with Crippen LogP contribution in [0.2, 0.25) is 0 Å². The van der Waals surface area contributed by atoms with Gasteiger partial charge in [-0.15, -0.1) is 13.2 Å². The number of hydrogen-bond acceptors (Lipinski definition) is 3. The summed E-state index contributed by atoms with van der Waals surface area (Å²) in [4.78, 5) is 13.3. The van der Waals surface area contributed by atoms with Crippen molar-refractivity contribution in [3.63, 3.8) is 0 Å². The van der Waals surface area contributed by atoms with E-state index < -0.39 is 17.8 Å². The van der Waals surface area contributed by atoms with Gasteiger partial charge in [-0.05, 0) is 6.07 Å². The summed E-state index contributed by atoms with van der Waals surface area (Å²) >= 11 is 3.01. The lowest BCUT2D eigenvalue weighted by molar-refractivity contribution is -0.276. The van der Waals surface area contributed by atoms with E-state index in [0.29, 0.717) is 0 Å². The van der Waals surface area contributed by atoms with E-state index in [0.717, 1.165) is 0 Å². The molecular formula is C9H6BrF3N2O2. The van der Waals surface area contributed by atoms with E-state index in [9.17, 15) is 18.0 Å². The monoisotopic (exact) mass is 310 g/mol. The van der Waals surface area contributed by atoms with Crippen LogP contribution in [0.15, 0.2) is 10.9 Å². The maximum atomic E-state index is 12.0. The zero-order valence-corrected chi connectivity index (χ0v) is 9.85. The second-order valence-electron chi connectivity index (χ2n) is 2.99. The number of alkyl halides is 4. The average Bonchev–Trinajstić information content (AvgIpc) is 2.20. The Bertz CT molecular complexity index is 504. The minimum Gasteiger partial charge on any atom is -0.389 e. The van der Waals surface area contributed by atoms with Gasteiger partial charge in [0.2, 0.25) is 5.88 Å². The summed E-state index contributed by atoms with van der Waals surface area (Å²) in [6.45, 7) is 0. The molecule has 1 rings (SSSR count). The first-order chi connectivity index (χ1) is 7.87. The number of halogens is 4. The van der Waals surface area contributed by atoms with Gasteiger partial charge in [-0.25, -0.2) is 0 Å². The molecule has 1 aromatic heterocycles. The lowest BCUT2D eigenvalue weighted by Crippen LogP contribution is -2.22. The molecule has 1 aromatic rings. The minimum atomic E-state index is -4.91. The smallest absolute Gasteiger partial charge is 0.389 e. The van der Waals surface area contributed by atoms with E-state index in [1.165, 1.54) is 6.07 Å².